The molecule has 24 heavy (non-hydrogen) atoms. The maximum Gasteiger partial charge on any atom is 0.315 e. The molecule has 0 aromatic heterocycles. The van der Waals surface area contributed by atoms with Gasteiger partial charge in [-0.15, -0.1) is 0 Å². The molecule has 1 heterocycles. The third kappa shape index (κ3) is 6.07. The highest BCUT2D eigenvalue weighted by Gasteiger charge is 2.28. The molecule has 1 fully saturated rings. The van der Waals surface area contributed by atoms with Crippen molar-refractivity contribution in [3.8, 4) is 5.75 Å². The SMILES string of the molecule is CC(=O)Nc1cccc(OCCNC(=O)N[C@@H]2CCS(=O)(=O)C2)c1. The standard InChI is InChI=1S/C15H21N3O5S/c1-11(19)17-12-3-2-4-14(9-12)23-7-6-16-15(20)18-13-5-8-24(21,22)10-13/h2-4,9,13H,5-8,10H2,1H3,(H,17,19)(H2,16,18,20)/t13-/m1/s1. The molecule has 0 spiro atoms. The summed E-state index contributed by atoms with van der Waals surface area (Å²) >= 11 is 0. The van der Waals surface area contributed by atoms with E-state index in [0.717, 1.165) is 0 Å². The van der Waals surface area contributed by atoms with E-state index in [0.29, 0.717) is 17.9 Å². The highest BCUT2D eigenvalue weighted by atomic mass is 32.2. The summed E-state index contributed by atoms with van der Waals surface area (Å²) in [6, 6.07) is 6.19. The van der Waals surface area contributed by atoms with Gasteiger partial charge in [0.15, 0.2) is 9.84 Å². The molecule has 0 saturated carbocycles. The quantitative estimate of drug-likeness (QED) is 0.644. The number of rotatable bonds is 6. The highest BCUT2D eigenvalue weighted by molar-refractivity contribution is 7.91. The zero-order chi connectivity index (χ0) is 17.6. The van der Waals surface area contributed by atoms with Crippen molar-refractivity contribution < 1.29 is 22.7 Å². The van der Waals surface area contributed by atoms with Crippen LogP contribution < -0.4 is 20.7 Å². The molecule has 9 heteroatoms. The summed E-state index contributed by atoms with van der Waals surface area (Å²) in [6.45, 7) is 1.95. The predicted molar refractivity (Wildman–Crippen MR) is 89.8 cm³/mol. The lowest BCUT2D eigenvalue weighted by Crippen LogP contribution is -2.43. The van der Waals surface area contributed by atoms with Crippen LogP contribution in [0, 0.1) is 0 Å². The number of anilines is 1. The fourth-order valence-electron chi connectivity index (χ4n) is 2.35. The van der Waals surface area contributed by atoms with Gasteiger partial charge in [0.25, 0.3) is 0 Å². The Morgan fingerprint density at radius 3 is 2.79 bits per heavy atom. The van der Waals surface area contributed by atoms with Crippen LogP contribution in [-0.2, 0) is 14.6 Å². The van der Waals surface area contributed by atoms with Gasteiger partial charge in [0.1, 0.15) is 12.4 Å². The van der Waals surface area contributed by atoms with Gasteiger partial charge in [0, 0.05) is 24.7 Å². The van der Waals surface area contributed by atoms with Crippen molar-refractivity contribution in [2.24, 2.45) is 0 Å². The van der Waals surface area contributed by atoms with Gasteiger partial charge in [0.2, 0.25) is 5.91 Å². The number of amides is 3. The van der Waals surface area contributed by atoms with E-state index in [2.05, 4.69) is 16.0 Å². The summed E-state index contributed by atoms with van der Waals surface area (Å²) in [4.78, 5) is 22.7. The molecule has 0 bridgehead atoms. The molecule has 1 aliphatic rings. The van der Waals surface area contributed by atoms with E-state index in [9.17, 15) is 18.0 Å². The summed E-state index contributed by atoms with van der Waals surface area (Å²) in [5.74, 6) is 0.517. The van der Waals surface area contributed by atoms with Crippen LogP contribution in [0.3, 0.4) is 0 Å². The first-order valence-electron chi connectivity index (χ1n) is 7.59. The lowest BCUT2D eigenvalue weighted by Gasteiger charge is -2.13. The lowest BCUT2D eigenvalue weighted by atomic mass is 10.3. The Hall–Kier alpha value is -2.29. The second-order valence-electron chi connectivity index (χ2n) is 5.56. The van der Waals surface area contributed by atoms with E-state index in [-0.39, 0.29) is 36.6 Å². The molecule has 1 aliphatic heterocycles. The van der Waals surface area contributed by atoms with Crippen LogP contribution in [0.25, 0.3) is 0 Å². The Balaban J connectivity index is 1.67. The first-order chi connectivity index (χ1) is 11.3. The number of carbonyl (C=O) groups excluding carboxylic acids is 2. The second kappa shape index (κ2) is 8.00. The third-order valence-corrected chi connectivity index (χ3v) is 5.15. The van der Waals surface area contributed by atoms with E-state index in [1.807, 2.05) is 0 Å². The Morgan fingerprint density at radius 2 is 2.12 bits per heavy atom. The highest BCUT2D eigenvalue weighted by Crippen LogP contribution is 2.17. The number of urea groups is 1. The maximum absolute atomic E-state index is 11.7. The van der Waals surface area contributed by atoms with Crippen LogP contribution in [0.4, 0.5) is 10.5 Å². The minimum Gasteiger partial charge on any atom is -0.492 e. The monoisotopic (exact) mass is 355 g/mol. The van der Waals surface area contributed by atoms with Gasteiger partial charge < -0.3 is 20.7 Å². The van der Waals surface area contributed by atoms with Crippen molar-refractivity contribution in [1.82, 2.24) is 10.6 Å². The molecule has 1 saturated heterocycles. The van der Waals surface area contributed by atoms with Crippen LogP contribution in [0.5, 0.6) is 5.75 Å². The molecule has 132 valence electrons. The average Bonchev–Trinajstić information content (AvgIpc) is 2.82. The van der Waals surface area contributed by atoms with Crippen molar-refractivity contribution in [1.29, 1.82) is 0 Å². The van der Waals surface area contributed by atoms with Crippen molar-refractivity contribution in [2.75, 3.05) is 30.0 Å². The normalized spacial score (nSPS) is 18.6. The summed E-state index contributed by atoms with van der Waals surface area (Å²) in [6.07, 6.45) is 0.447. The minimum absolute atomic E-state index is 0.00708. The molecule has 0 radical (unpaired) electrons. The van der Waals surface area contributed by atoms with Gasteiger partial charge in [-0.05, 0) is 18.6 Å². The minimum atomic E-state index is -3.01. The van der Waals surface area contributed by atoms with E-state index < -0.39 is 15.9 Å². The van der Waals surface area contributed by atoms with Gasteiger partial charge in [-0.1, -0.05) is 6.07 Å². The first kappa shape index (κ1) is 18.1. The molecule has 1 atom stereocenters. The van der Waals surface area contributed by atoms with Gasteiger partial charge >= 0.3 is 6.03 Å². The molecule has 1 aromatic rings. The van der Waals surface area contributed by atoms with Gasteiger partial charge in [-0.2, -0.15) is 0 Å². The van der Waals surface area contributed by atoms with Gasteiger partial charge in [-0.25, -0.2) is 13.2 Å². The average molecular weight is 355 g/mol. The van der Waals surface area contributed by atoms with E-state index in [1.54, 1.807) is 24.3 Å². The summed E-state index contributed by atoms with van der Waals surface area (Å²) in [7, 11) is -3.01. The largest absolute Gasteiger partial charge is 0.492 e. The number of carbonyl (C=O) groups is 2. The Morgan fingerprint density at radius 1 is 1.33 bits per heavy atom. The third-order valence-electron chi connectivity index (χ3n) is 3.38. The van der Waals surface area contributed by atoms with Crippen LogP contribution in [0.1, 0.15) is 13.3 Å². The molecule has 3 N–H and O–H groups in total. The zero-order valence-electron chi connectivity index (χ0n) is 13.4. The topological polar surface area (TPSA) is 114 Å². The van der Waals surface area contributed by atoms with Crippen molar-refractivity contribution in [3.05, 3.63) is 24.3 Å². The van der Waals surface area contributed by atoms with Crippen molar-refractivity contribution in [3.63, 3.8) is 0 Å². The van der Waals surface area contributed by atoms with Crippen LogP contribution in [0.15, 0.2) is 24.3 Å². The second-order valence-corrected chi connectivity index (χ2v) is 7.79. The smallest absolute Gasteiger partial charge is 0.315 e. The molecule has 0 aliphatic carbocycles. The maximum atomic E-state index is 11.7. The molecular formula is C15H21N3O5S. The van der Waals surface area contributed by atoms with Crippen molar-refractivity contribution in [2.45, 2.75) is 19.4 Å². The predicted octanol–water partition coefficient (Wildman–Crippen LogP) is 0.510. The number of hydrogen-bond acceptors (Lipinski definition) is 5. The van der Waals surface area contributed by atoms with E-state index in [1.165, 1.54) is 6.92 Å². The van der Waals surface area contributed by atoms with E-state index in [4.69, 9.17) is 4.74 Å². The Labute approximate surface area is 140 Å². The molecule has 1 aromatic carbocycles. The summed E-state index contributed by atoms with van der Waals surface area (Å²) < 4.78 is 28.1. The lowest BCUT2D eigenvalue weighted by molar-refractivity contribution is -0.114. The molecule has 0 unspecified atom stereocenters. The fraction of sp³-hybridized carbons (Fsp3) is 0.467. The Bertz CT molecular complexity index is 705. The van der Waals surface area contributed by atoms with Crippen LogP contribution in [-0.4, -0.2) is 51.1 Å². The van der Waals surface area contributed by atoms with Crippen LogP contribution >= 0.6 is 0 Å². The number of nitrogens with one attached hydrogen (secondary N) is 3. The molecular weight excluding hydrogens is 334 g/mol. The van der Waals surface area contributed by atoms with Crippen molar-refractivity contribution >= 4 is 27.5 Å². The number of benzene rings is 1. The summed E-state index contributed by atoms with van der Waals surface area (Å²) in [5, 5.41) is 7.90. The van der Waals surface area contributed by atoms with E-state index >= 15 is 0 Å². The molecule has 3 amide bonds. The van der Waals surface area contributed by atoms with Gasteiger partial charge in [-0.3, -0.25) is 4.79 Å². The summed E-state index contributed by atoms with van der Waals surface area (Å²) in [5.41, 5.74) is 0.633. The first-order valence-corrected chi connectivity index (χ1v) is 9.41. The number of ether oxygens (including phenoxy) is 1. The Kier molecular flexibility index (Phi) is 6.02. The zero-order valence-corrected chi connectivity index (χ0v) is 14.2. The number of hydrogen-bond donors (Lipinski definition) is 3. The molecule has 2 rings (SSSR count). The van der Waals surface area contributed by atoms with Crippen LogP contribution in [0.2, 0.25) is 0 Å². The fourth-order valence-corrected chi connectivity index (χ4v) is 4.02. The number of sulfone groups is 1. The van der Waals surface area contributed by atoms with Gasteiger partial charge in [0.05, 0.1) is 18.1 Å². The molecule has 8 nitrogen and oxygen atoms in total.